The molecular weight excluding hydrogens is 244 g/mol. The third-order valence-corrected chi connectivity index (χ3v) is 3.03. The minimum atomic E-state index is 0.963. The largest absolute Gasteiger partial charge is 0.201 e. The van der Waals surface area contributed by atoms with Gasteiger partial charge in [-0.15, -0.1) is 5.10 Å². The van der Waals surface area contributed by atoms with Crippen molar-refractivity contribution in [3.63, 3.8) is 0 Å². The fourth-order valence-corrected chi connectivity index (χ4v) is 1.76. The zero-order chi connectivity index (χ0) is 10.1. The van der Waals surface area contributed by atoms with Crippen molar-refractivity contribution in [3.05, 3.63) is 34.1 Å². The Morgan fingerprint density at radius 1 is 1.29 bits per heavy atom. The molecule has 2 aromatic rings. The lowest BCUT2D eigenvalue weighted by Crippen LogP contribution is -1.97. The summed E-state index contributed by atoms with van der Waals surface area (Å²) in [5.41, 5.74) is 3.41. The van der Waals surface area contributed by atoms with Gasteiger partial charge in [-0.3, -0.25) is 0 Å². The maximum absolute atomic E-state index is 3.83. The number of aryl methyl sites for hydroxylation is 1. The maximum atomic E-state index is 3.83. The molecule has 72 valence electrons. The van der Waals surface area contributed by atoms with E-state index in [2.05, 4.69) is 51.4 Å². The first-order valence-electron chi connectivity index (χ1n) is 4.18. The van der Waals surface area contributed by atoms with E-state index in [1.165, 1.54) is 11.1 Å². The SMILES string of the molecule is Cc1cc(-n2cnnn2)cc(Br)c1C. The summed E-state index contributed by atoms with van der Waals surface area (Å²) < 4.78 is 2.71. The van der Waals surface area contributed by atoms with Crippen molar-refractivity contribution in [2.24, 2.45) is 0 Å². The second kappa shape index (κ2) is 3.49. The number of nitrogens with zero attached hydrogens (tertiary/aromatic N) is 4. The van der Waals surface area contributed by atoms with E-state index in [1.54, 1.807) is 11.0 Å². The van der Waals surface area contributed by atoms with E-state index in [0.29, 0.717) is 0 Å². The lowest BCUT2D eigenvalue weighted by atomic mass is 10.1. The van der Waals surface area contributed by atoms with Gasteiger partial charge < -0.3 is 0 Å². The van der Waals surface area contributed by atoms with E-state index in [9.17, 15) is 0 Å². The first kappa shape index (κ1) is 9.33. The van der Waals surface area contributed by atoms with Gasteiger partial charge in [-0.2, -0.15) is 0 Å². The van der Waals surface area contributed by atoms with Gasteiger partial charge in [0, 0.05) is 4.47 Å². The first-order valence-corrected chi connectivity index (χ1v) is 4.98. The van der Waals surface area contributed by atoms with Crippen LogP contribution < -0.4 is 0 Å². The zero-order valence-corrected chi connectivity index (χ0v) is 9.48. The van der Waals surface area contributed by atoms with E-state index in [1.807, 2.05) is 6.07 Å². The van der Waals surface area contributed by atoms with Crippen molar-refractivity contribution in [3.8, 4) is 5.69 Å². The topological polar surface area (TPSA) is 43.6 Å². The summed E-state index contributed by atoms with van der Waals surface area (Å²) in [7, 11) is 0. The highest BCUT2D eigenvalue weighted by Gasteiger charge is 2.04. The average Bonchev–Trinajstić information content (AvgIpc) is 2.66. The molecule has 5 heteroatoms. The molecule has 2 rings (SSSR count). The van der Waals surface area contributed by atoms with Crippen molar-refractivity contribution in [2.75, 3.05) is 0 Å². The van der Waals surface area contributed by atoms with Crippen molar-refractivity contribution >= 4 is 15.9 Å². The predicted molar refractivity (Wildman–Crippen MR) is 56.3 cm³/mol. The van der Waals surface area contributed by atoms with Gasteiger partial charge >= 0.3 is 0 Å². The van der Waals surface area contributed by atoms with Crippen LogP contribution in [0.4, 0.5) is 0 Å². The molecule has 0 aliphatic rings. The molecule has 0 saturated carbocycles. The minimum Gasteiger partial charge on any atom is -0.201 e. The van der Waals surface area contributed by atoms with E-state index < -0.39 is 0 Å². The van der Waals surface area contributed by atoms with Crippen LogP contribution in [0.15, 0.2) is 22.9 Å². The molecule has 0 radical (unpaired) electrons. The molecule has 0 N–H and O–H groups in total. The Hall–Kier alpha value is -1.23. The molecule has 1 aromatic heterocycles. The summed E-state index contributed by atoms with van der Waals surface area (Å²) in [5.74, 6) is 0. The van der Waals surface area contributed by atoms with Gasteiger partial charge in [0.1, 0.15) is 6.33 Å². The van der Waals surface area contributed by atoms with E-state index in [-0.39, 0.29) is 0 Å². The van der Waals surface area contributed by atoms with Crippen LogP contribution in [-0.4, -0.2) is 20.2 Å². The van der Waals surface area contributed by atoms with E-state index >= 15 is 0 Å². The molecule has 0 unspecified atom stereocenters. The molecule has 0 bridgehead atoms. The zero-order valence-electron chi connectivity index (χ0n) is 7.90. The number of hydrogen-bond donors (Lipinski definition) is 0. The van der Waals surface area contributed by atoms with Crippen molar-refractivity contribution < 1.29 is 0 Å². The Morgan fingerprint density at radius 2 is 2.07 bits per heavy atom. The molecule has 0 fully saturated rings. The van der Waals surface area contributed by atoms with Crippen LogP contribution in [0, 0.1) is 13.8 Å². The molecule has 0 aliphatic carbocycles. The summed E-state index contributed by atoms with van der Waals surface area (Å²) in [5, 5.41) is 11.0. The third-order valence-electron chi connectivity index (χ3n) is 2.20. The Morgan fingerprint density at radius 3 is 2.64 bits per heavy atom. The Bertz CT molecular complexity index is 427. The molecule has 1 heterocycles. The van der Waals surface area contributed by atoms with Gasteiger partial charge in [0.15, 0.2) is 0 Å². The van der Waals surface area contributed by atoms with Gasteiger partial charge in [0.25, 0.3) is 0 Å². The summed E-state index contributed by atoms with van der Waals surface area (Å²) >= 11 is 3.50. The first-order chi connectivity index (χ1) is 6.68. The summed E-state index contributed by atoms with van der Waals surface area (Å²) in [4.78, 5) is 0. The highest BCUT2D eigenvalue weighted by atomic mass is 79.9. The summed E-state index contributed by atoms with van der Waals surface area (Å²) in [6, 6.07) is 4.05. The second-order valence-electron chi connectivity index (χ2n) is 3.12. The van der Waals surface area contributed by atoms with Crippen molar-refractivity contribution in [2.45, 2.75) is 13.8 Å². The Kier molecular flexibility index (Phi) is 2.33. The molecule has 14 heavy (non-hydrogen) atoms. The lowest BCUT2D eigenvalue weighted by Gasteiger charge is -2.06. The number of aromatic nitrogens is 4. The van der Waals surface area contributed by atoms with Crippen molar-refractivity contribution in [1.82, 2.24) is 20.2 Å². The number of benzene rings is 1. The lowest BCUT2D eigenvalue weighted by molar-refractivity contribution is 0.788. The van der Waals surface area contributed by atoms with Crippen LogP contribution >= 0.6 is 15.9 Å². The maximum Gasteiger partial charge on any atom is 0.143 e. The highest BCUT2D eigenvalue weighted by molar-refractivity contribution is 9.10. The van der Waals surface area contributed by atoms with Crippen LogP contribution in [0.2, 0.25) is 0 Å². The Labute approximate surface area is 90.1 Å². The number of rotatable bonds is 1. The van der Waals surface area contributed by atoms with Crippen LogP contribution in [0.1, 0.15) is 11.1 Å². The fourth-order valence-electron chi connectivity index (χ4n) is 1.21. The quantitative estimate of drug-likeness (QED) is 0.781. The smallest absolute Gasteiger partial charge is 0.143 e. The standard InChI is InChI=1S/C9H9BrN4/c1-6-3-8(4-9(10)7(6)2)14-5-11-12-13-14/h3-5H,1-2H3. The second-order valence-corrected chi connectivity index (χ2v) is 3.98. The van der Waals surface area contributed by atoms with Crippen LogP contribution in [-0.2, 0) is 0 Å². The minimum absolute atomic E-state index is 0.963. The summed E-state index contributed by atoms with van der Waals surface area (Å²) in [6.45, 7) is 4.14. The monoisotopic (exact) mass is 252 g/mol. The highest BCUT2D eigenvalue weighted by Crippen LogP contribution is 2.22. The van der Waals surface area contributed by atoms with E-state index in [0.717, 1.165) is 10.2 Å². The molecule has 0 atom stereocenters. The number of halogens is 1. The van der Waals surface area contributed by atoms with Gasteiger partial charge in [-0.05, 0) is 47.5 Å². The van der Waals surface area contributed by atoms with Crippen LogP contribution in [0.25, 0.3) is 5.69 Å². The molecule has 0 aliphatic heterocycles. The number of tetrazole rings is 1. The molecular formula is C9H9BrN4. The van der Waals surface area contributed by atoms with Crippen LogP contribution in [0.3, 0.4) is 0 Å². The predicted octanol–water partition coefficient (Wildman–Crippen LogP) is 2.04. The molecule has 4 nitrogen and oxygen atoms in total. The van der Waals surface area contributed by atoms with Crippen molar-refractivity contribution in [1.29, 1.82) is 0 Å². The van der Waals surface area contributed by atoms with Gasteiger partial charge in [-0.25, -0.2) is 4.68 Å². The third kappa shape index (κ3) is 1.55. The number of hydrogen-bond acceptors (Lipinski definition) is 3. The van der Waals surface area contributed by atoms with Crippen LogP contribution in [0.5, 0.6) is 0 Å². The fraction of sp³-hybridized carbons (Fsp3) is 0.222. The molecule has 0 amide bonds. The molecule has 1 aromatic carbocycles. The molecule has 0 spiro atoms. The average molecular weight is 253 g/mol. The van der Waals surface area contributed by atoms with Gasteiger partial charge in [0.2, 0.25) is 0 Å². The van der Waals surface area contributed by atoms with Gasteiger partial charge in [-0.1, -0.05) is 15.9 Å². The Balaban J connectivity index is 2.57. The molecule has 0 saturated heterocycles. The van der Waals surface area contributed by atoms with E-state index in [4.69, 9.17) is 0 Å². The van der Waals surface area contributed by atoms with Gasteiger partial charge in [0.05, 0.1) is 5.69 Å². The summed E-state index contributed by atoms with van der Waals surface area (Å²) in [6.07, 6.45) is 1.58. The normalized spacial score (nSPS) is 10.5.